The maximum Gasteiger partial charge on any atom is 0.164 e. The number of hydrogen-bond donors (Lipinski definition) is 0. The van der Waals surface area contributed by atoms with E-state index in [1.54, 1.807) is 6.92 Å². The summed E-state index contributed by atoms with van der Waals surface area (Å²) in [6.45, 7) is 16.6. The van der Waals surface area contributed by atoms with Crippen LogP contribution < -0.4 is 0 Å². The highest BCUT2D eigenvalue weighted by Gasteiger charge is 2.35. The number of rotatable bonds is 13. The lowest BCUT2D eigenvalue weighted by atomic mass is 9.88. The Kier molecular flexibility index (Phi) is 9.86. The molecule has 0 aliphatic carbocycles. The van der Waals surface area contributed by atoms with Gasteiger partial charge in [-0.15, -0.1) is 0 Å². The second-order valence-electron chi connectivity index (χ2n) is 7.60. The molecule has 0 aromatic heterocycles. The van der Waals surface area contributed by atoms with Gasteiger partial charge in [-0.2, -0.15) is 0 Å². The maximum absolute atomic E-state index is 12.6. The van der Waals surface area contributed by atoms with Gasteiger partial charge >= 0.3 is 0 Å². The third-order valence-corrected chi connectivity index (χ3v) is 3.82. The number of aldehydes is 1. The molecule has 135 valence electrons. The van der Waals surface area contributed by atoms with Gasteiger partial charge in [-0.1, -0.05) is 41.0 Å². The van der Waals surface area contributed by atoms with Crippen molar-refractivity contribution >= 4 is 12.1 Å². The summed E-state index contributed by atoms with van der Waals surface area (Å²) >= 11 is 0. The topological polar surface area (TPSA) is 52.6 Å². The van der Waals surface area contributed by atoms with Crippen molar-refractivity contribution < 1.29 is 19.1 Å². The number of ketones is 1. The summed E-state index contributed by atoms with van der Waals surface area (Å²) in [4.78, 5) is 24.0. The van der Waals surface area contributed by atoms with Gasteiger partial charge in [-0.05, 0) is 38.5 Å². The van der Waals surface area contributed by atoms with E-state index in [1.807, 2.05) is 20.8 Å². The molecule has 1 radical (unpaired) electrons. The van der Waals surface area contributed by atoms with Gasteiger partial charge in [-0.3, -0.25) is 4.79 Å². The van der Waals surface area contributed by atoms with E-state index in [2.05, 4.69) is 20.8 Å². The first-order valence-electron chi connectivity index (χ1n) is 8.65. The molecule has 4 heteroatoms. The number of hydrogen-bond acceptors (Lipinski definition) is 4. The fraction of sp³-hybridized carbons (Fsp3) is 0.842. The molecule has 0 amide bonds. The Bertz CT molecular complexity index is 364. The first kappa shape index (κ1) is 22.3. The third kappa shape index (κ3) is 8.61. The third-order valence-electron chi connectivity index (χ3n) is 3.82. The standard InChI is InChI=1S/C19H35O4/c1-8-10-19(7,23-13-16(4)5)17(21)9-11-18(6,14-20)22-12-15(2)3/h14-16H,1,8-13H2,2-7H3. The zero-order valence-corrected chi connectivity index (χ0v) is 15.8. The van der Waals surface area contributed by atoms with Crippen LogP contribution in [0.2, 0.25) is 0 Å². The van der Waals surface area contributed by atoms with Crippen LogP contribution in [0.4, 0.5) is 0 Å². The zero-order valence-electron chi connectivity index (χ0n) is 15.8. The van der Waals surface area contributed by atoms with Crippen molar-refractivity contribution in [3.05, 3.63) is 6.92 Å². The molecule has 2 unspecified atom stereocenters. The van der Waals surface area contributed by atoms with Crippen LogP contribution in [0.1, 0.15) is 67.2 Å². The molecule has 0 aliphatic rings. The van der Waals surface area contributed by atoms with Crippen LogP contribution in [-0.2, 0) is 19.1 Å². The highest BCUT2D eigenvalue weighted by atomic mass is 16.5. The molecule has 0 rings (SSSR count). The molecule has 0 saturated carbocycles. The number of Topliss-reactive ketones (excluding diaryl/α,β-unsaturated/α-hetero) is 1. The average Bonchev–Trinajstić information content (AvgIpc) is 2.49. The van der Waals surface area contributed by atoms with E-state index in [1.165, 1.54) is 0 Å². The van der Waals surface area contributed by atoms with Gasteiger partial charge in [0.2, 0.25) is 0 Å². The quantitative estimate of drug-likeness (QED) is 0.480. The lowest BCUT2D eigenvalue weighted by Gasteiger charge is -2.31. The summed E-state index contributed by atoms with van der Waals surface area (Å²) in [5.41, 5.74) is -1.74. The van der Waals surface area contributed by atoms with Gasteiger partial charge in [0.15, 0.2) is 12.1 Å². The molecule has 0 spiro atoms. The first-order chi connectivity index (χ1) is 10.6. The fourth-order valence-electron chi connectivity index (χ4n) is 2.13. The Morgan fingerprint density at radius 1 is 1.04 bits per heavy atom. The van der Waals surface area contributed by atoms with Crippen molar-refractivity contribution in [1.82, 2.24) is 0 Å². The largest absolute Gasteiger partial charge is 0.368 e. The molecule has 23 heavy (non-hydrogen) atoms. The van der Waals surface area contributed by atoms with Gasteiger partial charge in [0.1, 0.15) is 11.2 Å². The normalized spacial score (nSPS) is 17.1. The van der Waals surface area contributed by atoms with Crippen LogP contribution in [0.25, 0.3) is 0 Å². The fourth-order valence-corrected chi connectivity index (χ4v) is 2.13. The van der Waals surface area contributed by atoms with Crippen molar-refractivity contribution in [1.29, 1.82) is 0 Å². The van der Waals surface area contributed by atoms with Crippen molar-refractivity contribution in [2.45, 2.75) is 78.4 Å². The molecule has 2 atom stereocenters. The number of carbonyl (C=O) groups excluding carboxylic acids is 2. The highest BCUT2D eigenvalue weighted by Crippen LogP contribution is 2.25. The number of carbonyl (C=O) groups is 2. The molecular formula is C19H35O4. The molecule has 0 bridgehead atoms. The van der Waals surface area contributed by atoms with Crippen LogP contribution >= 0.6 is 0 Å². The van der Waals surface area contributed by atoms with Crippen molar-refractivity contribution in [2.75, 3.05) is 13.2 Å². The summed E-state index contributed by atoms with van der Waals surface area (Å²) in [5, 5.41) is 0. The number of ether oxygens (including phenoxy) is 2. The molecule has 0 N–H and O–H groups in total. The van der Waals surface area contributed by atoms with E-state index in [0.717, 1.165) is 6.29 Å². The molecule has 0 saturated heterocycles. The minimum Gasteiger partial charge on any atom is -0.368 e. The Balaban J connectivity index is 4.74. The first-order valence-corrected chi connectivity index (χ1v) is 8.65. The van der Waals surface area contributed by atoms with E-state index in [-0.39, 0.29) is 12.2 Å². The lowest BCUT2D eigenvalue weighted by molar-refractivity contribution is -0.147. The van der Waals surface area contributed by atoms with Crippen molar-refractivity contribution in [3.8, 4) is 0 Å². The minimum atomic E-state index is -0.913. The summed E-state index contributed by atoms with van der Waals surface area (Å²) in [7, 11) is 0. The van der Waals surface area contributed by atoms with E-state index < -0.39 is 11.2 Å². The predicted octanol–water partition coefficient (Wildman–Crippen LogP) is 4.01. The average molecular weight is 327 g/mol. The van der Waals surface area contributed by atoms with Crippen LogP contribution in [-0.4, -0.2) is 36.5 Å². The van der Waals surface area contributed by atoms with Crippen molar-refractivity contribution in [2.24, 2.45) is 11.8 Å². The molecule has 4 nitrogen and oxygen atoms in total. The van der Waals surface area contributed by atoms with E-state index in [4.69, 9.17) is 9.47 Å². The molecule has 0 aromatic rings. The van der Waals surface area contributed by atoms with Crippen LogP contribution in [0.3, 0.4) is 0 Å². The van der Waals surface area contributed by atoms with Crippen LogP contribution in [0, 0.1) is 18.8 Å². The van der Waals surface area contributed by atoms with E-state index in [0.29, 0.717) is 44.3 Å². The van der Waals surface area contributed by atoms with Gasteiger partial charge in [-0.25, -0.2) is 0 Å². The molecule has 0 aliphatic heterocycles. The second kappa shape index (κ2) is 10.2. The lowest BCUT2D eigenvalue weighted by Crippen LogP contribution is -2.41. The highest BCUT2D eigenvalue weighted by molar-refractivity contribution is 5.87. The van der Waals surface area contributed by atoms with Crippen LogP contribution in [0.15, 0.2) is 0 Å². The summed E-state index contributed by atoms with van der Waals surface area (Å²) in [6, 6.07) is 0. The predicted molar refractivity (Wildman–Crippen MR) is 93.3 cm³/mol. The van der Waals surface area contributed by atoms with Gasteiger partial charge in [0.25, 0.3) is 0 Å². The molecular weight excluding hydrogens is 292 g/mol. The van der Waals surface area contributed by atoms with Crippen LogP contribution in [0.5, 0.6) is 0 Å². The Labute approximate surface area is 142 Å². The SMILES string of the molecule is [CH2]CCC(C)(OCC(C)C)C(=O)CCC(C)(C=O)OCC(C)C. The summed E-state index contributed by atoms with van der Waals surface area (Å²) in [6.07, 6.45) is 2.66. The minimum absolute atomic E-state index is 0.0167. The van der Waals surface area contributed by atoms with E-state index in [9.17, 15) is 9.59 Å². The smallest absolute Gasteiger partial charge is 0.164 e. The molecule has 0 heterocycles. The van der Waals surface area contributed by atoms with Crippen molar-refractivity contribution in [3.63, 3.8) is 0 Å². The van der Waals surface area contributed by atoms with Gasteiger partial charge in [0, 0.05) is 6.42 Å². The molecule has 0 aromatic carbocycles. The Hall–Kier alpha value is -0.740. The Morgan fingerprint density at radius 3 is 2.00 bits per heavy atom. The Morgan fingerprint density at radius 2 is 1.57 bits per heavy atom. The monoisotopic (exact) mass is 327 g/mol. The molecule has 0 fully saturated rings. The zero-order chi connectivity index (χ0) is 18.1. The summed E-state index contributed by atoms with van der Waals surface area (Å²) in [5.74, 6) is 0.723. The van der Waals surface area contributed by atoms with E-state index >= 15 is 0 Å². The summed E-state index contributed by atoms with van der Waals surface area (Å²) < 4.78 is 11.6. The van der Waals surface area contributed by atoms with Gasteiger partial charge in [0.05, 0.1) is 13.2 Å². The second-order valence-corrected chi connectivity index (χ2v) is 7.60. The van der Waals surface area contributed by atoms with Gasteiger partial charge < -0.3 is 14.3 Å². The maximum atomic E-state index is 12.6.